The Kier molecular flexibility index (Phi) is 6.48. The molecule has 0 spiro atoms. The Balaban J connectivity index is 1.94. The van der Waals surface area contributed by atoms with Gasteiger partial charge in [-0.05, 0) is 19.4 Å². The zero-order valence-corrected chi connectivity index (χ0v) is 15.1. The van der Waals surface area contributed by atoms with E-state index >= 15 is 0 Å². The van der Waals surface area contributed by atoms with Gasteiger partial charge in [0.1, 0.15) is 6.04 Å². The summed E-state index contributed by atoms with van der Waals surface area (Å²) in [5.41, 5.74) is -0.101. The van der Waals surface area contributed by atoms with Crippen LogP contribution in [0.3, 0.4) is 0 Å². The summed E-state index contributed by atoms with van der Waals surface area (Å²) < 4.78 is 63.8. The average molecular weight is 428 g/mol. The van der Waals surface area contributed by atoms with Crippen molar-refractivity contribution in [1.29, 1.82) is 0 Å². The standard InChI is InChI=1S/C16H15ClF5N3O3/c1-7(16(20,21)22)23-14(27)15(28)25-3-2-8(6-25)13(26)24-9-4-10(17)12(19)11(18)5-9/h4-5,7-8H,2-3,6H2,1H3,(H,23,27)(H,24,26)/t7-,8+/m1/s1. The SMILES string of the molecule is C[C@@H](NC(=O)C(=O)N1CC[C@H](C(=O)Nc2cc(F)c(F)c(Cl)c2)C1)C(F)(F)F. The Morgan fingerprint density at radius 1 is 1.25 bits per heavy atom. The average Bonchev–Trinajstić information content (AvgIpc) is 3.08. The highest BCUT2D eigenvalue weighted by Gasteiger charge is 2.40. The molecule has 1 heterocycles. The van der Waals surface area contributed by atoms with E-state index in [0.29, 0.717) is 6.92 Å². The van der Waals surface area contributed by atoms with Crippen molar-refractivity contribution >= 4 is 35.0 Å². The molecule has 0 aromatic heterocycles. The first-order valence-electron chi connectivity index (χ1n) is 8.02. The van der Waals surface area contributed by atoms with Gasteiger partial charge in [-0.1, -0.05) is 11.6 Å². The molecule has 1 saturated heterocycles. The van der Waals surface area contributed by atoms with E-state index in [4.69, 9.17) is 11.6 Å². The number of nitrogens with zero attached hydrogens (tertiary/aromatic N) is 1. The Bertz CT molecular complexity index is 779. The van der Waals surface area contributed by atoms with E-state index in [2.05, 4.69) is 5.32 Å². The van der Waals surface area contributed by atoms with E-state index < -0.39 is 52.5 Å². The number of alkyl halides is 3. The summed E-state index contributed by atoms with van der Waals surface area (Å²) in [6, 6.07) is -0.478. The summed E-state index contributed by atoms with van der Waals surface area (Å²) in [7, 11) is 0. The summed E-state index contributed by atoms with van der Waals surface area (Å²) in [6.07, 6.45) is -4.56. The predicted molar refractivity (Wildman–Crippen MR) is 88.3 cm³/mol. The molecule has 0 aliphatic carbocycles. The van der Waals surface area contributed by atoms with Crippen LogP contribution in [0.1, 0.15) is 13.3 Å². The molecule has 2 atom stereocenters. The van der Waals surface area contributed by atoms with Crippen molar-refractivity contribution < 1.29 is 36.3 Å². The molecule has 0 radical (unpaired) electrons. The topological polar surface area (TPSA) is 78.5 Å². The van der Waals surface area contributed by atoms with Crippen LogP contribution in [-0.4, -0.2) is 47.9 Å². The maximum atomic E-state index is 13.3. The van der Waals surface area contributed by atoms with Crippen LogP contribution >= 0.6 is 11.6 Å². The van der Waals surface area contributed by atoms with Crippen LogP contribution in [0.25, 0.3) is 0 Å². The minimum absolute atomic E-state index is 0.0245. The molecular weight excluding hydrogens is 413 g/mol. The van der Waals surface area contributed by atoms with E-state index in [1.54, 1.807) is 5.32 Å². The van der Waals surface area contributed by atoms with Crippen molar-refractivity contribution in [2.75, 3.05) is 18.4 Å². The molecular formula is C16H15ClF5N3O3. The molecule has 0 saturated carbocycles. The van der Waals surface area contributed by atoms with Gasteiger partial charge in [0.2, 0.25) is 5.91 Å². The second-order valence-electron chi connectivity index (χ2n) is 6.22. The fourth-order valence-corrected chi connectivity index (χ4v) is 2.72. The zero-order valence-electron chi connectivity index (χ0n) is 14.4. The lowest BCUT2D eigenvalue weighted by molar-refractivity contribution is -0.162. The number of carbonyl (C=O) groups excluding carboxylic acids is 3. The third-order valence-corrected chi connectivity index (χ3v) is 4.41. The van der Waals surface area contributed by atoms with Crippen molar-refractivity contribution in [3.05, 3.63) is 28.8 Å². The third-order valence-electron chi connectivity index (χ3n) is 4.13. The molecule has 0 unspecified atom stereocenters. The first-order chi connectivity index (χ1) is 12.9. The number of rotatable bonds is 3. The Morgan fingerprint density at radius 3 is 2.46 bits per heavy atom. The monoisotopic (exact) mass is 427 g/mol. The largest absolute Gasteiger partial charge is 0.408 e. The second-order valence-corrected chi connectivity index (χ2v) is 6.62. The lowest BCUT2D eigenvalue weighted by Crippen LogP contribution is -2.49. The molecule has 1 fully saturated rings. The molecule has 6 nitrogen and oxygen atoms in total. The number of halogens is 6. The van der Waals surface area contributed by atoms with Crippen molar-refractivity contribution in [1.82, 2.24) is 10.2 Å². The highest BCUT2D eigenvalue weighted by molar-refractivity contribution is 6.35. The van der Waals surface area contributed by atoms with Crippen LogP contribution in [0.5, 0.6) is 0 Å². The number of amides is 3. The van der Waals surface area contributed by atoms with Crippen molar-refractivity contribution in [2.24, 2.45) is 5.92 Å². The van der Waals surface area contributed by atoms with E-state index in [0.717, 1.165) is 17.0 Å². The second kappa shape index (κ2) is 8.29. The van der Waals surface area contributed by atoms with Gasteiger partial charge in [0, 0.05) is 24.8 Å². The van der Waals surface area contributed by atoms with Gasteiger partial charge < -0.3 is 15.5 Å². The van der Waals surface area contributed by atoms with Gasteiger partial charge in [0.05, 0.1) is 10.9 Å². The van der Waals surface area contributed by atoms with Gasteiger partial charge in [-0.2, -0.15) is 13.2 Å². The fraction of sp³-hybridized carbons (Fsp3) is 0.438. The van der Waals surface area contributed by atoms with Crippen LogP contribution in [-0.2, 0) is 14.4 Å². The number of anilines is 1. The minimum atomic E-state index is -4.70. The fourth-order valence-electron chi connectivity index (χ4n) is 2.51. The van der Waals surface area contributed by atoms with Crippen LogP contribution in [0, 0.1) is 17.6 Å². The van der Waals surface area contributed by atoms with E-state index in [9.17, 15) is 36.3 Å². The number of nitrogens with one attached hydrogen (secondary N) is 2. The molecule has 3 amide bonds. The smallest absolute Gasteiger partial charge is 0.336 e. The maximum Gasteiger partial charge on any atom is 0.408 e. The third kappa shape index (κ3) is 5.09. The van der Waals surface area contributed by atoms with Crippen LogP contribution in [0.15, 0.2) is 12.1 Å². The maximum absolute atomic E-state index is 13.3. The van der Waals surface area contributed by atoms with Crippen molar-refractivity contribution in [2.45, 2.75) is 25.6 Å². The lowest BCUT2D eigenvalue weighted by atomic mass is 10.1. The van der Waals surface area contributed by atoms with E-state index in [-0.39, 0.29) is 25.2 Å². The number of likely N-dealkylation sites (tertiary alicyclic amines) is 1. The highest BCUT2D eigenvalue weighted by atomic mass is 35.5. The molecule has 2 N–H and O–H groups in total. The van der Waals surface area contributed by atoms with Gasteiger partial charge in [-0.3, -0.25) is 14.4 Å². The predicted octanol–water partition coefficient (Wildman–Crippen LogP) is 2.47. The molecule has 12 heteroatoms. The molecule has 0 bridgehead atoms. The Labute approximate surface area is 161 Å². The zero-order chi connectivity index (χ0) is 21.2. The summed E-state index contributed by atoms with van der Waals surface area (Å²) in [5, 5.41) is 3.33. The minimum Gasteiger partial charge on any atom is -0.336 e. The molecule has 1 aromatic rings. The lowest BCUT2D eigenvalue weighted by Gasteiger charge is -2.20. The van der Waals surface area contributed by atoms with Crippen LogP contribution in [0.2, 0.25) is 5.02 Å². The summed E-state index contributed by atoms with van der Waals surface area (Å²) in [4.78, 5) is 36.8. The van der Waals surface area contributed by atoms with Gasteiger partial charge in [0.25, 0.3) is 0 Å². The van der Waals surface area contributed by atoms with Crippen molar-refractivity contribution in [3.8, 4) is 0 Å². The van der Waals surface area contributed by atoms with Gasteiger partial charge in [-0.25, -0.2) is 8.78 Å². The van der Waals surface area contributed by atoms with Gasteiger partial charge >= 0.3 is 18.0 Å². The Hall–Kier alpha value is -2.43. The van der Waals surface area contributed by atoms with E-state index in [1.807, 2.05) is 0 Å². The normalized spacial score (nSPS) is 18.0. The molecule has 2 rings (SSSR count). The molecule has 154 valence electrons. The quantitative estimate of drug-likeness (QED) is 0.442. The number of benzene rings is 1. The van der Waals surface area contributed by atoms with Crippen LogP contribution < -0.4 is 10.6 Å². The summed E-state index contributed by atoms with van der Waals surface area (Å²) in [6.45, 7) is 0.456. The summed E-state index contributed by atoms with van der Waals surface area (Å²) in [5.74, 6) is -6.58. The number of hydrogen-bond acceptors (Lipinski definition) is 3. The number of carbonyl (C=O) groups is 3. The van der Waals surface area contributed by atoms with Crippen molar-refractivity contribution in [3.63, 3.8) is 0 Å². The Morgan fingerprint density at radius 2 is 1.89 bits per heavy atom. The highest BCUT2D eigenvalue weighted by Crippen LogP contribution is 2.25. The number of hydrogen-bond donors (Lipinski definition) is 2. The van der Waals surface area contributed by atoms with Gasteiger partial charge in [0.15, 0.2) is 11.6 Å². The van der Waals surface area contributed by atoms with Crippen LogP contribution in [0.4, 0.5) is 27.6 Å². The summed E-state index contributed by atoms with van der Waals surface area (Å²) >= 11 is 5.49. The molecule has 28 heavy (non-hydrogen) atoms. The first-order valence-corrected chi connectivity index (χ1v) is 8.39. The molecule has 1 aliphatic heterocycles. The molecule has 1 aliphatic rings. The van der Waals surface area contributed by atoms with E-state index in [1.165, 1.54) is 0 Å². The van der Waals surface area contributed by atoms with Gasteiger partial charge in [-0.15, -0.1) is 0 Å². The molecule has 1 aromatic carbocycles. The first kappa shape index (κ1) is 21.9.